The molecule has 0 heterocycles. The number of urea groups is 1. The van der Waals surface area contributed by atoms with E-state index in [2.05, 4.69) is 10.2 Å². The number of amides is 2. The first-order chi connectivity index (χ1) is 8.11. The molecule has 0 atom stereocenters. The third-order valence-electron chi connectivity index (χ3n) is 2.51. The van der Waals surface area contributed by atoms with Gasteiger partial charge >= 0.3 is 6.03 Å². The van der Waals surface area contributed by atoms with Crippen LogP contribution in [0.2, 0.25) is 0 Å². The van der Waals surface area contributed by atoms with Crippen LogP contribution in [0.25, 0.3) is 0 Å². The van der Waals surface area contributed by atoms with E-state index in [1.807, 2.05) is 44.4 Å². The van der Waals surface area contributed by atoms with E-state index < -0.39 is 0 Å². The first-order valence-electron chi connectivity index (χ1n) is 5.82. The van der Waals surface area contributed by atoms with Gasteiger partial charge in [0.2, 0.25) is 0 Å². The van der Waals surface area contributed by atoms with Crippen LogP contribution < -0.4 is 10.2 Å². The summed E-state index contributed by atoms with van der Waals surface area (Å²) in [5.41, 5.74) is 0.901. The van der Waals surface area contributed by atoms with E-state index in [0.29, 0.717) is 6.54 Å². The molecule has 17 heavy (non-hydrogen) atoms. The summed E-state index contributed by atoms with van der Waals surface area (Å²) in [5.74, 6) is 0. The molecule has 0 unspecified atom stereocenters. The summed E-state index contributed by atoms with van der Waals surface area (Å²) in [4.78, 5) is 15.5. The minimum absolute atomic E-state index is 0.0602. The summed E-state index contributed by atoms with van der Waals surface area (Å²) in [6, 6.07) is 9.55. The minimum Gasteiger partial charge on any atom is -0.338 e. The molecule has 1 aromatic carbocycles. The predicted octanol–water partition coefficient (Wildman–Crippen LogP) is 1.78. The van der Waals surface area contributed by atoms with Crippen molar-refractivity contribution in [1.29, 1.82) is 0 Å². The maximum atomic E-state index is 11.8. The second-order valence-corrected chi connectivity index (χ2v) is 4.28. The number of nitrogens with zero attached hydrogens (tertiary/aromatic N) is 2. The maximum Gasteiger partial charge on any atom is 0.321 e. The van der Waals surface area contributed by atoms with Crippen LogP contribution in [0.1, 0.15) is 6.42 Å². The molecule has 4 heteroatoms. The van der Waals surface area contributed by atoms with Gasteiger partial charge < -0.3 is 10.2 Å². The summed E-state index contributed by atoms with van der Waals surface area (Å²) in [5, 5.41) is 2.90. The molecular formula is C13H21N3O. The average molecular weight is 235 g/mol. The number of hydrogen-bond donors (Lipinski definition) is 1. The molecule has 0 spiro atoms. The van der Waals surface area contributed by atoms with Gasteiger partial charge in [-0.05, 0) is 39.2 Å². The highest BCUT2D eigenvalue weighted by Gasteiger charge is 2.08. The Hall–Kier alpha value is -1.55. The number of benzene rings is 1. The van der Waals surface area contributed by atoms with E-state index in [9.17, 15) is 4.79 Å². The fraction of sp³-hybridized carbons (Fsp3) is 0.462. The molecule has 0 fully saturated rings. The van der Waals surface area contributed by atoms with Crippen LogP contribution >= 0.6 is 0 Å². The lowest BCUT2D eigenvalue weighted by atomic mass is 10.3. The van der Waals surface area contributed by atoms with Crippen LogP contribution in [0.3, 0.4) is 0 Å². The van der Waals surface area contributed by atoms with Crippen molar-refractivity contribution in [2.45, 2.75) is 6.42 Å². The van der Waals surface area contributed by atoms with Crippen LogP contribution in [-0.4, -0.2) is 45.2 Å². The fourth-order valence-electron chi connectivity index (χ4n) is 1.48. The van der Waals surface area contributed by atoms with Crippen molar-refractivity contribution in [3.63, 3.8) is 0 Å². The van der Waals surface area contributed by atoms with Gasteiger partial charge in [0.1, 0.15) is 0 Å². The number of carbonyl (C=O) groups is 1. The zero-order chi connectivity index (χ0) is 12.7. The monoisotopic (exact) mass is 235 g/mol. The van der Waals surface area contributed by atoms with Gasteiger partial charge in [-0.2, -0.15) is 0 Å². The summed E-state index contributed by atoms with van der Waals surface area (Å²) >= 11 is 0. The van der Waals surface area contributed by atoms with E-state index in [-0.39, 0.29) is 6.03 Å². The highest BCUT2D eigenvalue weighted by atomic mass is 16.2. The van der Waals surface area contributed by atoms with Crippen molar-refractivity contribution in [3.05, 3.63) is 30.3 Å². The zero-order valence-corrected chi connectivity index (χ0v) is 10.8. The smallest absolute Gasteiger partial charge is 0.321 e. The van der Waals surface area contributed by atoms with E-state index in [1.165, 1.54) is 0 Å². The van der Waals surface area contributed by atoms with Crippen LogP contribution in [0.15, 0.2) is 30.3 Å². The molecule has 0 aliphatic carbocycles. The Morgan fingerprint density at radius 2 is 1.82 bits per heavy atom. The summed E-state index contributed by atoms with van der Waals surface area (Å²) in [6.45, 7) is 1.68. The topological polar surface area (TPSA) is 35.6 Å². The summed E-state index contributed by atoms with van der Waals surface area (Å²) in [6.07, 6.45) is 0.960. The number of para-hydroxylation sites is 1. The largest absolute Gasteiger partial charge is 0.338 e. The van der Waals surface area contributed by atoms with Crippen molar-refractivity contribution in [2.24, 2.45) is 0 Å². The van der Waals surface area contributed by atoms with Gasteiger partial charge in [0.25, 0.3) is 0 Å². The maximum absolute atomic E-state index is 11.8. The molecule has 0 saturated carbocycles. The molecule has 1 aromatic rings. The standard InChI is InChI=1S/C13H21N3O/c1-15(2)11-7-10-14-13(17)16(3)12-8-5-4-6-9-12/h4-6,8-9H,7,10-11H2,1-3H3,(H,14,17). The van der Waals surface area contributed by atoms with Gasteiger partial charge in [0, 0.05) is 19.3 Å². The lowest BCUT2D eigenvalue weighted by Crippen LogP contribution is -2.38. The first kappa shape index (κ1) is 13.5. The Balaban J connectivity index is 2.33. The second-order valence-electron chi connectivity index (χ2n) is 4.28. The second kappa shape index (κ2) is 6.91. The molecule has 4 nitrogen and oxygen atoms in total. The molecule has 0 radical (unpaired) electrons. The molecular weight excluding hydrogens is 214 g/mol. The molecule has 0 aliphatic rings. The number of anilines is 1. The van der Waals surface area contributed by atoms with Gasteiger partial charge in [-0.15, -0.1) is 0 Å². The lowest BCUT2D eigenvalue weighted by molar-refractivity contribution is 0.247. The molecule has 0 bridgehead atoms. The van der Waals surface area contributed by atoms with Crippen LogP contribution in [0, 0.1) is 0 Å². The summed E-state index contributed by atoms with van der Waals surface area (Å²) < 4.78 is 0. The van der Waals surface area contributed by atoms with Crippen molar-refractivity contribution in [1.82, 2.24) is 10.2 Å². The van der Waals surface area contributed by atoms with Gasteiger partial charge in [0.15, 0.2) is 0 Å². The Labute approximate surface area is 103 Å². The quantitative estimate of drug-likeness (QED) is 0.790. The number of hydrogen-bond acceptors (Lipinski definition) is 2. The average Bonchev–Trinajstić information content (AvgIpc) is 2.34. The van der Waals surface area contributed by atoms with E-state index in [0.717, 1.165) is 18.7 Å². The highest BCUT2D eigenvalue weighted by Crippen LogP contribution is 2.10. The predicted molar refractivity (Wildman–Crippen MR) is 71.4 cm³/mol. The van der Waals surface area contributed by atoms with Crippen molar-refractivity contribution in [3.8, 4) is 0 Å². The highest BCUT2D eigenvalue weighted by molar-refractivity contribution is 5.91. The molecule has 2 amide bonds. The third-order valence-corrected chi connectivity index (χ3v) is 2.51. The Bertz CT molecular complexity index is 338. The van der Waals surface area contributed by atoms with E-state index in [1.54, 1.807) is 11.9 Å². The van der Waals surface area contributed by atoms with Gasteiger partial charge in [0.05, 0.1) is 0 Å². The molecule has 0 aromatic heterocycles. The Morgan fingerprint density at radius 1 is 1.18 bits per heavy atom. The number of nitrogens with one attached hydrogen (secondary N) is 1. The molecule has 94 valence electrons. The minimum atomic E-state index is -0.0602. The summed E-state index contributed by atoms with van der Waals surface area (Å²) in [7, 11) is 5.83. The Morgan fingerprint density at radius 3 is 2.41 bits per heavy atom. The SMILES string of the molecule is CN(C)CCCNC(=O)N(C)c1ccccc1. The van der Waals surface area contributed by atoms with Gasteiger partial charge in [-0.1, -0.05) is 18.2 Å². The molecule has 0 aliphatic heterocycles. The zero-order valence-electron chi connectivity index (χ0n) is 10.8. The lowest BCUT2D eigenvalue weighted by Gasteiger charge is -2.18. The molecule has 1 N–H and O–H groups in total. The van der Waals surface area contributed by atoms with E-state index >= 15 is 0 Å². The van der Waals surface area contributed by atoms with Crippen LogP contribution in [0.4, 0.5) is 10.5 Å². The van der Waals surface area contributed by atoms with E-state index in [4.69, 9.17) is 0 Å². The third kappa shape index (κ3) is 4.87. The number of carbonyl (C=O) groups excluding carboxylic acids is 1. The number of rotatable bonds is 5. The van der Waals surface area contributed by atoms with Crippen molar-refractivity contribution < 1.29 is 4.79 Å². The Kier molecular flexibility index (Phi) is 5.49. The van der Waals surface area contributed by atoms with Gasteiger partial charge in [-0.3, -0.25) is 4.90 Å². The van der Waals surface area contributed by atoms with Crippen LogP contribution in [-0.2, 0) is 0 Å². The van der Waals surface area contributed by atoms with Crippen molar-refractivity contribution in [2.75, 3.05) is 39.1 Å². The fourth-order valence-corrected chi connectivity index (χ4v) is 1.48. The molecule has 1 rings (SSSR count). The first-order valence-corrected chi connectivity index (χ1v) is 5.82. The van der Waals surface area contributed by atoms with Gasteiger partial charge in [-0.25, -0.2) is 4.79 Å². The van der Waals surface area contributed by atoms with Crippen LogP contribution in [0.5, 0.6) is 0 Å². The molecule has 0 saturated heterocycles. The normalized spacial score (nSPS) is 10.4. The van der Waals surface area contributed by atoms with Crippen molar-refractivity contribution >= 4 is 11.7 Å².